The van der Waals surface area contributed by atoms with Gasteiger partial charge in [0.2, 0.25) is 5.78 Å². The second-order valence-corrected chi connectivity index (χ2v) is 10.4. The van der Waals surface area contributed by atoms with Crippen LogP contribution >= 0.6 is 11.6 Å². The Morgan fingerprint density at radius 3 is 2.26 bits per heavy atom. The van der Waals surface area contributed by atoms with Gasteiger partial charge in [-0.25, -0.2) is 0 Å². The van der Waals surface area contributed by atoms with Crippen molar-refractivity contribution in [2.24, 2.45) is 0 Å². The third-order valence-corrected chi connectivity index (χ3v) is 6.89. The molecule has 1 N–H and O–H groups in total. The molecule has 0 radical (unpaired) electrons. The van der Waals surface area contributed by atoms with Crippen LogP contribution < -0.4 is 10.0 Å². The van der Waals surface area contributed by atoms with Crippen LogP contribution in [0.3, 0.4) is 0 Å². The van der Waals surface area contributed by atoms with Gasteiger partial charge in [0.15, 0.2) is 0 Å². The topological polar surface area (TPSA) is 74.1 Å². The van der Waals surface area contributed by atoms with E-state index in [-0.39, 0.29) is 11.0 Å². The zero-order valence-electron chi connectivity index (χ0n) is 19.9. The molecule has 0 aliphatic carbocycles. The average Bonchev–Trinajstić information content (AvgIpc) is 3.08. The highest BCUT2D eigenvalue weighted by Crippen LogP contribution is 2.39. The molecule has 34 heavy (non-hydrogen) atoms. The molecule has 2 saturated heterocycles. The molecule has 2 aromatic carbocycles. The monoisotopic (exact) mass is 482 g/mol. The maximum absolute atomic E-state index is 13.5. The van der Waals surface area contributed by atoms with E-state index in [9.17, 15) is 14.7 Å². The number of hydrogen-bond acceptors (Lipinski definition) is 4. The number of carbonyl (C=O) groups excluding carboxylic acids is 2. The van der Waals surface area contributed by atoms with Crippen LogP contribution in [0, 0.1) is 0 Å². The molecule has 6 nitrogen and oxygen atoms in total. The van der Waals surface area contributed by atoms with Crippen LogP contribution in [0.15, 0.2) is 54.1 Å². The second kappa shape index (κ2) is 9.90. The molecule has 2 aromatic rings. The van der Waals surface area contributed by atoms with Crippen molar-refractivity contribution in [3.8, 4) is 0 Å². The molecule has 2 aliphatic rings. The van der Waals surface area contributed by atoms with Crippen molar-refractivity contribution in [1.82, 2.24) is 4.90 Å². The molecule has 1 unspecified atom stereocenters. The first-order valence-electron chi connectivity index (χ1n) is 11.7. The standard InChI is InChI=1S/C27H31ClN2O4/c1-27(2,3)20-8-4-18(5-9-20)23-22(24(31)19-6-10-21(28)11-7-19)25(32)26(33)30(23)13-12-29-14-16-34-17-15-29/h4-11,23,31H,12-17H2,1-3H3/b24-22+. The summed E-state index contributed by atoms with van der Waals surface area (Å²) in [7, 11) is 0. The number of likely N-dealkylation sites (tertiary alicyclic amines) is 1. The Balaban J connectivity index is 1.74. The van der Waals surface area contributed by atoms with Gasteiger partial charge in [-0.15, -0.1) is 0 Å². The molecule has 0 saturated carbocycles. The number of amides is 1. The first-order valence-corrected chi connectivity index (χ1v) is 12.1. The lowest BCUT2D eigenvalue weighted by molar-refractivity contribution is -0.907. The zero-order chi connectivity index (χ0) is 24.5. The van der Waals surface area contributed by atoms with Crippen LogP contribution in [0.4, 0.5) is 0 Å². The summed E-state index contributed by atoms with van der Waals surface area (Å²) in [5.74, 6) is -1.77. The first kappa shape index (κ1) is 24.5. The number of morpholine rings is 1. The van der Waals surface area contributed by atoms with Gasteiger partial charge >= 0.3 is 0 Å². The van der Waals surface area contributed by atoms with Gasteiger partial charge in [-0.1, -0.05) is 74.5 Å². The van der Waals surface area contributed by atoms with Crippen LogP contribution in [0.25, 0.3) is 5.76 Å². The Morgan fingerprint density at radius 2 is 1.68 bits per heavy atom. The number of quaternary nitrogens is 1. The summed E-state index contributed by atoms with van der Waals surface area (Å²) in [5.41, 5.74) is 2.22. The number of nitrogens with zero attached hydrogens (tertiary/aromatic N) is 1. The lowest BCUT2D eigenvalue weighted by Crippen LogP contribution is -3.14. The van der Waals surface area contributed by atoms with E-state index in [4.69, 9.17) is 16.3 Å². The summed E-state index contributed by atoms with van der Waals surface area (Å²) in [5, 5.41) is 14.0. The van der Waals surface area contributed by atoms with Crippen molar-refractivity contribution in [2.45, 2.75) is 32.2 Å². The Labute approximate surface area is 205 Å². The van der Waals surface area contributed by atoms with Gasteiger partial charge in [0.05, 0.1) is 32.3 Å². The lowest BCUT2D eigenvalue weighted by Gasteiger charge is -2.30. The summed E-state index contributed by atoms with van der Waals surface area (Å²) >= 11 is 5.98. The smallest absolute Gasteiger partial charge is 0.295 e. The quantitative estimate of drug-likeness (QED) is 0.400. The molecule has 2 aliphatic heterocycles. The summed E-state index contributed by atoms with van der Waals surface area (Å²) in [4.78, 5) is 29.2. The summed E-state index contributed by atoms with van der Waals surface area (Å²) < 4.78 is 5.43. The largest absolute Gasteiger partial charge is 0.872 e. The maximum Gasteiger partial charge on any atom is 0.295 e. The second-order valence-electron chi connectivity index (χ2n) is 9.96. The fraction of sp³-hybridized carbons (Fsp3) is 0.407. The number of halogens is 1. The van der Waals surface area contributed by atoms with E-state index in [1.807, 2.05) is 24.3 Å². The van der Waals surface area contributed by atoms with Crippen LogP contribution in [0.5, 0.6) is 0 Å². The fourth-order valence-corrected chi connectivity index (χ4v) is 4.68. The zero-order valence-corrected chi connectivity index (χ0v) is 20.7. The number of ketones is 1. The van der Waals surface area contributed by atoms with Gasteiger partial charge in [-0.05, 0) is 34.2 Å². The number of carbonyl (C=O) groups is 2. The molecule has 1 atom stereocenters. The average molecular weight is 483 g/mol. The van der Waals surface area contributed by atoms with Crippen LogP contribution in [0.1, 0.15) is 43.5 Å². The number of rotatable bonds is 5. The van der Waals surface area contributed by atoms with E-state index in [1.165, 1.54) is 4.90 Å². The highest BCUT2D eigenvalue weighted by molar-refractivity contribution is 6.46. The van der Waals surface area contributed by atoms with E-state index < -0.39 is 23.5 Å². The van der Waals surface area contributed by atoms with Gasteiger partial charge in [-0.3, -0.25) is 9.59 Å². The Hall–Kier alpha value is -2.67. The molecule has 4 rings (SSSR count). The fourth-order valence-electron chi connectivity index (χ4n) is 4.56. The number of ether oxygens (including phenoxy) is 1. The predicted octanol–water partition coefficient (Wildman–Crippen LogP) is 1.78. The molecule has 1 amide bonds. The van der Waals surface area contributed by atoms with Gasteiger partial charge < -0.3 is 19.6 Å². The highest BCUT2D eigenvalue weighted by Gasteiger charge is 2.44. The van der Waals surface area contributed by atoms with Gasteiger partial charge in [0.1, 0.15) is 13.1 Å². The van der Waals surface area contributed by atoms with Crippen molar-refractivity contribution in [1.29, 1.82) is 0 Å². The number of hydrogen-bond donors (Lipinski definition) is 1. The minimum atomic E-state index is -0.721. The van der Waals surface area contributed by atoms with Crippen molar-refractivity contribution in [3.05, 3.63) is 75.8 Å². The Morgan fingerprint density at radius 1 is 1.06 bits per heavy atom. The van der Waals surface area contributed by atoms with E-state index in [0.29, 0.717) is 36.9 Å². The molecule has 0 spiro atoms. The molecule has 2 heterocycles. The van der Waals surface area contributed by atoms with Crippen molar-refractivity contribution in [3.63, 3.8) is 0 Å². The van der Waals surface area contributed by atoms with Gasteiger partial charge in [0, 0.05) is 10.6 Å². The third kappa shape index (κ3) is 5.04. The molecule has 2 fully saturated rings. The van der Waals surface area contributed by atoms with Crippen LogP contribution in [-0.4, -0.2) is 56.0 Å². The maximum atomic E-state index is 13.5. The van der Waals surface area contributed by atoms with Crippen molar-refractivity contribution >= 4 is 29.1 Å². The number of nitrogens with one attached hydrogen (secondary N) is 1. The van der Waals surface area contributed by atoms with E-state index in [1.54, 1.807) is 29.2 Å². The van der Waals surface area contributed by atoms with Gasteiger partial charge in [-0.2, -0.15) is 0 Å². The van der Waals surface area contributed by atoms with E-state index in [0.717, 1.165) is 24.2 Å². The minimum absolute atomic E-state index is 0.00723. The molecular formula is C27H31ClN2O4. The summed E-state index contributed by atoms with van der Waals surface area (Å²) in [6.45, 7) is 10.6. The summed E-state index contributed by atoms with van der Waals surface area (Å²) in [6, 6.07) is 13.6. The Bertz CT molecular complexity index is 1080. The first-order chi connectivity index (χ1) is 16.2. The molecule has 0 bridgehead atoms. The van der Waals surface area contributed by atoms with Crippen molar-refractivity contribution in [2.75, 3.05) is 39.4 Å². The van der Waals surface area contributed by atoms with E-state index >= 15 is 0 Å². The Kier molecular flexibility index (Phi) is 7.12. The highest BCUT2D eigenvalue weighted by atomic mass is 35.5. The molecular weight excluding hydrogens is 452 g/mol. The van der Waals surface area contributed by atoms with Crippen LogP contribution in [-0.2, 0) is 19.7 Å². The molecule has 0 aromatic heterocycles. The predicted molar refractivity (Wildman–Crippen MR) is 129 cm³/mol. The van der Waals surface area contributed by atoms with Crippen molar-refractivity contribution < 1.29 is 24.3 Å². The lowest BCUT2D eigenvalue weighted by atomic mass is 9.85. The third-order valence-electron chi connectivity index (χ3n) is 6.63. The van der Waals surface area contributed by atoms with Gasteiger partial charge in [0.25, 0.3) is 5.91 Å². The van der Waals surface area contributed by atoms with Crippen LogP contribution in [0.2, 0.25) is 5.02 Å². The molecule has 180 valence electrons. The number of benzene rings is 2. The SMILES string of the molecule is CC(C)(C)c1ccc(C2/C(=C(\[O-])c3ccc(Cl)cc3)C(=O)C(=O)N2CC[NH+]2CCOCC2)cc1. The molecule has 7 heteroatoms. The van der Waals surface area contributed by atoms with E-state index in [2.05, 4.69) is 20.8 Å². The number of Topliss-reactive ketones (excluding diaryl/α,β-unsaturated/α-hetero) is 1. The normalized spacial score (nSPS) is 21.3. The minimum Gasteiger partial charge on any atom is -0.872 e. The summed E-state index contributed by atoms with van der Waals surface area (Å²) in [6.07, 6.45) is 0.